The summed E-state index contributed by atoms with van der Waals surface area (Å²) in [5.74, 6) is 6.79. The van der Waals surface area contributed by atoms with Crippen molar-refractivity contribution in [2.24, 2.45) is 11.3 Å². The first-order valence-corrected chi connectivity index (χ1v) is 13.2. The number of rotatable bonds is 5. The zero-order valence-electron chi connectivity index (χ0n) is 19.3. The molecule has 0 bridgehead atoms. The molecule has 4 aromatic rings. The van der Waals surface area contributed by atoms with Gasteiger partial charge in [0.1, 0.15) is 6.10 Å². The van der Waals surface area contributed by atoms with Gasteiger partial charge in [0, 0.05) is 23.4 Å². The molecule has 6 rings (SSSR count). The summed E-state index contributed by atoms with van der Waals surface area (Å²) in [6.07, 6.45) is 0.456. The zero-order valence-corrected chi connectivity index (χ0v) is 21.6. The van der Waals surface area contributed by atoms with Crippen LogP contribution < -0.4 is 5.32 Å². The van der Waals surface area contributed by atoms with E-state index >= 15 is 0 Å². The van der Waals surface area contributed by atoms with Gasteiger partial charge >= 0.3 is 0 Å². The van der Waals surface area contributed by atoms with Gasteiger partial charge < -0.3 is 20.1 Å². The second-order valence-electron chi connectivity index (χ2n) is 9.36. The number of aliphatic hydroxyl groups is 2. The van der Waals surface area contributed by atoms with Crippen LogP contribution in [-0.4, -0.2) is 41.9 Å². The Labute approximate surface area is 226 Å². The number of thiophene rings is 1. The van der Waals surface area contributed by atoms with Crippen LogP contribution in [0.25, 0.3) is 11.2 Å². The molecule has 0 saturated heterocycles. The fraction of sp³-hybridized carbons (Fsp3) is 0.308. The highest BCUT2D eigenvalue weighted by Crippen LogP contribution is 2.69. The van der Waals surface area contributed by atoms with Gasteiger partial charge in [-0.05, 0) is 54.0 Å². The molecular formula is C26H20Cl2N6O2S. The quantitative estimate of drug-likeness (QED) is 0.315. The molecule has 0 aliphatic heterocycles. The highest BCUT2D eigenvalue weighted by atomic mass is 35.5. The SMILES string of the molecule is N#CC[C@@]12C[C@@H]1[C@@H](n1cnc3c(NCc4cccc(Cl)c4)nc(C#Cc4ccc(Cl)s4)nc31)[C@H](O)[C@@H]2O. The first-order valence-electron chi connectivity index (χ1n) is 11.6. The molecule has 2 saturated carbocycles. The number of benzene rings is 1. The van der Waals surface area contributed by atoms with Gasteiger partial charge in [0.25, 0.3) is 0 Å². The molecule has 2 aliphatic rings. The van der Waals surface area contributed by atoms with Crippen LogP contribution in [0.4, 0.5) is 5.82 Å². The minimum atomic E-state index is -1.04. The number of halogens is 2. The number of fused-ring (bicyclic) bond motifs is 2. The molecule has 2 aliphatic carbocycles. The molecule has 3 heterocycles. The first-order chi connectivity index (χ1) is 17.9. The van der Waals surface area contributed by atoms with Gasteiger partial charge in [-0.1, -0.05) is 35.3 Å². The Morgan fingerprint density at radius 1 is 1.19 bits per heavy atom. The number of hydrogen-bond acceptors (Lipinski definition) is 8. The van der Waals surface area contributed by atoms with Gasteiger partial charge in [0.15, 0.2) is 17.0 Å². The van der Waals surface area contributed by atoms with Gasteiger partial charge in [0.05, 0.1) is 33.8 Å². The van der Waals surface area contributed by atoms with Crippen LogP contribution in [0.2, 0.25) is 9.36 Å². The maximum absolute atomic E-state index is 10.9. The van der Waals surface area contributed by atoms with Gasteiger partial charge in [-0.25, -0.2) is 15.0 Å². The van der Waals surface area contributed by atoms with Crippen LogP contribution in [0.3, 0.4) is 0 Å². The number of nitriles is 1. The summed E-state index contributed by atoms with van der Waals surface area (Å²) in [6.45, 7) is 0.450. The Morgan fingerprint density at radius 2 is 2.05 bits per heavy atom. The molecule has 3 aromatic heterocycles. The lowest BCUT2D eigenvalue weighted by atomic mass is 9.96. The van der Waals surface area contributed by atoms with E-state index in [1.54, 1.807) is 17.0 Å². The third kappa shape index (κ3) is 4.23. The molecule has 0 spiro atoms. The third-order valence-corrected chi connectivity index (χ3v) is 8.61. The van der Waals surface area contributed by atoms with Crippen molar-refractivity contribution in [2.45, 2.75) is 37.6 Å². The number of anilines is 1. The van der Waals surface area contributed by atoms with Crippen molar-refractivity contribution in [1.29, 1.82) is 5.26 Å². The minimum Gasteiger partial charge on any atom is -0.390 e. The first kappa shape index (κ1) is 24.2. The Bertz CT molecular complexity index is 1620. The topological polar surface area (TPSA) is 120 Å². The molecule has 186 valence electrons. The highest BCUT2D eigenvalue weighted by Gasteiger charge is 2.71. The number of nitrogens with one attached hydrogen (secondary N) is 1. The molecule has 5 atom stereocenters. The maximum atomic E-state index is 10.9. The lowest BCUT2D eigenvalue weighted by Crippen LogP contribution is -2.34. The summed E-state index contributed by atoms with van der Waals surface area (Å²) < 4.78 is 2.43. The molecule has 11 heteroatoms. The Morgan fingerprint density at radius 3 is 2.81 bits per heavy atom. The van der Waals surface area contributed by atoms with E-state index in [4.69, 9.17) is 23.2 Å². The monoisotopic (exact) mass is 550 g/mol. The number of imidazole rings is 1. The molecule has 0 amide bonds. The number of hydrogen-bond donors (Lipinski definition) is 3. The second kappa shape index (κ2) is 9.29. The zero-order chi connectivity index (χ0) is 25.7. The van der Waals surface area contributed by atoms with Gasteiger partial charge in [0.2, 0.25) is 5.82 Å². The van der Waals surface area contributed by atoms with Crippen LogP contribution in [0.15, 0.2) is 42.7 Å². The Balaban J connectivity index is 1.41. The molecular weight excluding hydrogens is 531 g/mol. The summed E-state index contributed by atoms with van der Waals surface area (Å²) in [4.78, 5) is 14.6. The normalized spacial score (nSPS) is 25.8. The van der Waals surface area contributed by atoms with Crippen LogP contribution in [-0.2, 0) is 6.54 Å². The summed E-state index contributed by atoms with van der Waals surface area (Å²) >= 11 is 13.5. The fourth-order valence-electron chi connectivity index (χ4n) is 5.38. The van der Waals surface area contributed by atoms with Crippen LogP contribution in [0, 0.1) is 34.5 Å². The summed E-state index contributed by atoms with van der Waals surface area (Å²) in [6, 6.07) is 12.8. The highest BCUT2D eigenvalue weighted by molar-refractivity contribution is 7.16. The van der Waals surface area contributed by atoms with Crippen molar-refractivity contribution in [1.82, 2.24) is 19.5 Å². The molecule has 3 N–H and O–H groups in total. The van der Waals surface area contributed by atoms with E-state index in [9.17, 15) is 15.5 Å². The fourth-order valence-corrected chi connectivity index (χ4v) is 6.48. The molecule has 8 nitrogen and oxygen atoms in total. The van der Waals surface area contributed by atoms with Crippen molar-refractivity contribution in [3.63, 3.8) is 0 Å². The van der Waals surface area contributed by atoms with Crippen molar-refractivity contribution in [3.8, 4) is 17.9 Å². The standard InChI is InChI=1S/C26H20Cl2N6O2S/c27-15-3-1-2-14(10-15)12-30-24-20-25(33-19(32-24)7-5-16-4-6-18(28)37-16)34(13-31-20)21-17-11-26(17,8-9-29)23(36)22(21)35/h1-4,6,10,13,17,21-23,35-36H,8,11-12H2,(H,30,32,33)/t17-,21-,22+,23+,26-/m1/s1. The van der Waals surface area contributed by atoms with E-state index in [2.05, 4.69) is 38.2 Å². The molecule has 1 aromatic carbocycles. The van der Waals surface area contributed by atoms with E-state index in [1.807, 2.05) is 30.3 Å². The number of aliphatic hydroxyl groups excluding tert-OH is 2. The van der Waals surface area contributed by atoms with E-state index in [-0.39, 0.29) is 18.2 Å². The second-order valence-corrected chi connectivity index (χ2v) is 11.5. The summed E-state index contributed by atoms with van der Waals surface area (Å²) in [5.41, 5.74) is 1.39. The largest absolute Gasteiger partial charge is 0.390 e. The van der Waals surface area contributed by atoms with Gasteiger partial charge in [-0.3, -0.25) is 0 Å². The average Bonchev–Trinajstić information content (AvgIpc) is 3.11. The lowest BCUT2D eigenvalue weighted by molar-refractivity contribution is -0.0165. The third-order valence-electron chi connectivity index (χ3n) is 7.22. The van der Waals surface area contributed by atoms with E-state index in [1.165, 1.54) is 11.3 Å². The summed E-state index contributed by atoms with van der Waals surface area (Å²) in [5, 5.41) is 34.9. The summed E-state index contributed by atoms with van der Waals surface area (Å²) in [7, 11) is 0. The maximum Gasteiger partial charge on any atom is 0.209 e. The predicted molar refractivity (Wildman–Crippen MR) is 141 cm³/mol. The van der Waals surface area contributed by atoms with Crippen LogP contribution in [0.1, 0.15) is 35.1 Å². The average molecular weight is 551 g/mol. The van der Waals surface area contributed by atoms with Gasteiger partial charge in [-0.15, -0.1) is 11.3 Å². The Hall–Kier alpha value is -3.18. The number of aromatic nitrogens is 4. The van der Waals surface area contributed by atoms with E-state index in [0.29, 0.717) is 39.3 Å². The molecule has 2 fully saturated rings. The minimum absolute atomic E-state index is 0.0461. The van der Waals surface area contributed by atoms with Crippen molar-refractivity contribution < 1.29 is 10.2 Å². The predicted octanol–water partition coefficient (Wildman–Crippen LogP) is 4.40. The van der Waals surface area contributed by atoms with Crippen molar-refractivity contribution in [3.05, 3.63) is 68.3 Å². The lowest BCUT2D eigenvalue weighted by Gasteiger charge is -2.23. The molecule has 37 heavy (non-hydrogen) atoms. The van der Waals surface area contributed by atoms with Crippen molar-refractivity contribution >= 4 is 51.5 Å². The van der Waals surface area contributed by atoms with Gasteiger partial charge in [-0.2, -0.15) is 5.26 Å². The van der Waals surface area contributed by atoms with E-state index in [0.717, 1.165) is 10.4 Å². The van der Waals surface area contributed by atoms with E-state index < -0.39 is 23.7 Å². The molecule has 0 unspecified atom stereocenters. The molecule has 0 radical (unpaired) electrons. The Kier molecular flexibility index (Phi) is 6.07. The smallest absolute Gasteiger partial charge is 0.209 e. The van der Waals surface area contributed by atoms with Crippen molar-refractivity contribution in [2.75, 3.05) is 5.32 Å². The van der Waals surface area contributed by atoms with Crippen LogP contribution >= 0.6 is 34.5 Å². The van der Waals surface area contributed by atoms with Crippen LogP contribution in [0.5, 0.6) is 0 Å². The number of nitrogens with zero attached hydrogens (tertiary/aromatic N) is 5.